The van der Waals surface area contributed by atoms with Crippen LogP contribution in [-0.4, -0.2) is 30.0 Å². The Balaban J connectivity index is 0.00000216. The molecular weight excluding hydrogens is 486 g/mol. The van der Waals surface area contributed by atoms with Crippen molar-refractivity contribution in [3.8, 4) is 11.1 Å². The number of carbonyl (C=O) groups excluding carboxylic acids is 1. The standard InChI is InChI=1S/C27H29FN4O.2ClH/c28-21-11-8-19(9-12-21)20-10-13-23-24(15-18-5-2-1-3-6-18)26(32-25(23)16-20)27(33)31-17-22(30)7-4-14-29;;/h1-3,5-6,8-13,16,22,32H,4,7,14-15,17,29-30H2,(H,31,33);2*1H/t22-;;/m0../s1. The highest BCUT2D eigenvalue weighted by atomic mass is 35.5. The Morgan fingerprint density at radius 1 is 0.971 bits per heavy atom. The fourth-order valence-electron chi connectivity index (χ4n) is 4.05. The van der Waals surface area contributed by atoms with Gasteiger partial charge >= 0.3 is 0 Å². The zero-order valence-corrected chi connectivity index (χ0v) is 20.9. The zero-order valence-electron chi connectivity index (χ0n) is 19.3. The van der Waals surface area contributed by atoms with Crippen LogP contribution in [0.3, 0.4) is 0 Å². The predicted octanol–water partition coefficient (Wildman–Crippen LogP) is 5.20. The lowest BCUT2D eigenvalue weighted by Crippen LogP contribution is -2.37. The van der Waals surface area contributed by atoms with Crippen molar-refractivity contribution in [3.05, 3.63) is 95.4 Å². The summed E-state index contributed by atoms with van der Waals surface area (Å²) in [6.45, 7) is 0.973. The van der Waals surface area contributed by atoms with E-state index in [1.54, 1.807) is 12.1 Å². The van der Waals surface area contributed by atoms with E-state index >= 15 is 0 Å². The normalized spacial score (nSPS) is 11.4. The van der Waals surface area contributed by atoms with Crippen LogP contribution >= 0.6 is 24.8 Å². The SMILES string of the molecule is Cl.Cl.NCCC[C@H](N)CNC(=O)c1[nH]c2cc(-c3ccc(F)cc3)ccc2c1Cc1ccccc1. The summed E-state index contributed by atoms with van der Waals surface area (Å²) < 4.78 is 13.3. The van der Waals surface area contributed by atoms with Gasteiger partial charge in [0.2, 0.25) is 0 Å². The predicted molar refractivity (Wildman–Crippen MR) is 146 cm³/mol. The third-order valence-corrected chi connectivity index (χ3v) is 5.84. The summed E-state index contributed by atoms with van der Waals surface area (Å²) >= 11 is 0. The van der Waals surface area contributed by atoms with Crippen molar-refractivity contribution >= 4 is 41.6 Å². The van der Waals surface area contributed by atoms with E-state index in [9.17, 15) is 9.18 Å². The second kappa shape index (κ2) is 13.3. The summed E-state index contributed by atoms with van der Waals surface area (Å²) in [6, 6.07) is 22.3. The molecule has 6 N–H and O–H groups in total. The highest BCUT2D eigenvalue weighted by molar-refractivity contribution is 6.02. The Morgan fingerprint density at radius 3 is 2.34 bits per heavy atom. The van der Waals surface area contributed by atoms with Gasteiger partial charge in [0.05, 0.1) is 0 Å². The average molecular weight is 517 g/mol. The van der Waals surface area contributed by atoms with Gasteiger partial charge in [-0.1, -0.05) is 54.6 Å². The van der Waals surface area contributed by atoms with Gasteiger partial charge in [-0.3, -0.25) is 4.79 Å². The maximum Gasteiger partial charge on any atom is 0.268 e. The molecule has 0 spiro atoms. The number of amides is 1. The first kappa shape index (κ1) is 28.3. The van der Waals surface area contributed by atoms with Crippen LogP contribution in [0.1, 0.15) is 34.5 Å². The van der Waals surface area contributed by atoms with Crippen LogP contribution < -0.4 is 16.8 Å². The van der Waals surface area contributed by atoms with E-state index in [4.69, 9.17) is 11.5 Å². The molecule has 0 bridgehead atoms. The van der Waals surface area contributed by atoms with Gasteiger partial charge in [-0.25, -0.2) is 4.39 Å². The maximum atomic E-state index is 13.3. The molecular formula is C27H31Cl2FN4O. The van der Waals surface area contributed by atoms with Crippen molar-refractivity contribution in [2.45, 2.75) is 25.3 Å². The fraction of sp³-hybridized carbons (Fsp3) is 0.222. The molecule has 0 aliphatic heterocycles. The molecule has 0 aliphatic rings. The molecule has 0 saturated heterocycles. The molecule has 3 aromatic carbocycles. The van der Waals surface area contributed by atoms with Crippen LogP contribution in [0, 0.1) is 5.82 Å². The number of H-pyrrole nitrogens is 1. The minimum Gasteiger partial charge on any atom is -0.350 e. The maximum absolute atomic E-state index is 13.3. The Bertz CT molecular complexity index is 1230. The number of benzene rings is 3. The van der Waals surface area contributed by atoms with Crippen LogP contribution in [-0.2, 0) is 6.42 Å². The first-order valence-corrected chi connectivity index (χ1v) is 11.2. The molecule has 0 unspecified atom stereocenters. The van der Waals surface area contributed by atoms with Gasteiger partial charge in [-0.2, -0.15) is 0 Å². The average Bonchev–Trinajstić information content (AvgIpc) is 3.20. The van der Waals surface area contributed by atoms with Crippen LogP contribution in [0.4, 0.5) is 4.39 Å². The van der Waals surface area contributed by atoms with Crippen molar-refractivity contribution in [1.29, 1.82) is 0 Å². The van der Waals surface area contributed by atoms with E-state index < -0.39 is 0 Å². The highest BCUT2D eigenvalue weighted by Gasteiger charge is 2.19. The summed E-state index contributed by atoms with van der Waals surface area (Å²) in [4.78, 5) is 16.5. The van der Waals surface area contributed by atoms with Gasteiger partial charge in [-0.15, -0.1) is 24.8 Å². The first-order valence-electron chi connectivity index (χ1n) is 11.2. The molecule has 5 nitrogen and oxygen atoms in total. The molecule has 0 aliphatic carbocycles. The fourth-order valence-corrected chi connectivity index (χ4v) is 4.05. The summed E-state index contributed by atoms with van der Waals surface area (Å²) in [5, 5.41) is 3.96. The summed E-state index contributed by atoms with van der Waals surface area (Å²) in [7, 11) is 0. The minimum atomic E-state index is -0.270. The molecule has 0 saturated carbocycles. The molecule has 8 heteroatoms. The molecule has 186 valence electrons. The molecule has 0 radical (unpaired) electrons. The van der Waals surface area contributed by atoms with Gasteiger partial charge < -0.3 is 21.8 Å². The molecule has 35 heavy (non-hydrogen) atoms. The largest absolute Gasteiger partial charge is 0.350 e. The number of nitrogens with two attached hydrogens (primary N) is 2. The lowest BCUT2D eigenvalue weighted by Gasteiger charge is -2.12. The smallest absolute Gasteiger partial charge is 0.268 e. The molecule has 1 atom stereocenters. The van der Waals surface area contributed by atoms with E-state index in [0.717, 1.165) is 46.0 Å². The third kappa shape index (κ3) is 7.05. The lowest BCUT2D eigenvalue weighted by atomic mass is 9.99. The number of hydrogen-bond acceptors (Lipinski definition) is 3. The van der Waals surface area contributed by atoms with Crippen molar-refractivity contribution in [3.63, 3.8) is 0 Å². The lowest BCUT2D eigenvalue weighted by molar-refractivity contribution is 0.0945. The van der Waals surface area contributed by atoms with Crippen molar-refractivity contribution in [2.24, 2.45) is 11.5 Å². The molecule has 0 fully saturated rings. The first-order chi connectivity index (χ1) is 16.0. The van der Waals surface area contributed by atoms with E-state index in [2.05, 4.69) is 22.4 Å². The van der Waals surface area contributed by atoms with E-state index in [1.165, 1.54) is 12.1 Å². The van der Waals surface area contributed by atoms with Crippen molar-refractivity contribution < 1.29 is 9.18 Å². The molecule has 1 heterocycles. The third-order valence-electron chi connectivity index (χ3n) is 5.84. The number of carbonyl (C=O) groups is 1. The van der Waals surface area contributed by atoms with Gasteiger partial charge in [0, 0.05) is 29.9 Å². The molecule has 1 aromatic heterocycles. The van der Waals surface area contributed by atoms with Gasteiger partial charge in [0.1, 0.15) is 11.5 Å². The Kier molecular flexibility index (Phi) is 10.7. The Morgan fingerprint density at radius 2 is 1.66 bits per heavy atom. The number of rotatable bonds is 9. The number of nitrogens with one attached hydrogen (secondary N) is 2. The number of hydrogen-bond donors (Lipinski definition) is 4. The molecule has 1 amide bonds. The summed E-state index contributed by atoms with van der Waals surface area (Å²) in [6.07, 6.45) is 2.22. The molecule has 4 rings (SSSR count). The van der Waals surface area contributed by atoms with Crippen LogP contribution in [0.25, 0.3) is 22.0 Å². The van der Waals surface area contributed by atoms with Crippen molar-refractivity contribution in [2.75, 3.05) is 13.1 Å². The van der Waals surface area contributed by atoms with Gasteiger partial charge in [-0.05, 0) is 59.8 Å². The van der Waals surface area contributed by atoms with E-state index in [-0.39, 0.29) is 42.6 Å². The Labute approximate surface area is 217 Å². The molecule has 4 aromatic rings. The quantitative estimate of drug-likeness (QED) is 0.246. The number of halogens is 3. The topological polar surface area (TPSA) is 96.9 Å². The van der Waals surface area contributed by atoms with Crippen LogP contribution in [0.2, 0.25) is 0 Å². The number of aromatic nitrogens is 1. The van der Waals surface area contributed by atoms with E-state index in [0.29, 0.717) is 25.2 Å². The minimum absolute atomic E-state index is 0. The number of fused-ring (bicyclic) bond motifs is 1. The second-order valence-corrected chi connectivity index (χ2v) is 8.31. The number of aromatic amines is 1. The van der Waals surface area contributed by atoms with Crippen LogP contribution in [0.5, 0.6) is 0 Å². The zero-order chi connectivity index (χ0) is 23.2. The van der Waals surface area contributed by atoms with Crippen LogP contribution in [0.15, 0.2) is 72.8 Å². The van der Waals surface area contributed by atoms with Gasteiger partial charge in [0.25, 0.3) is 5.91 Å². The van der Waals surface area contributed by atoms with E-state index in [1.807, 2.05) is 36.4 Å². The van der Waals surface area contributed by atoms with Crippen molar-refractivity contribution in [1.82, 2.24) is 10.3 Å². The monoisotopic (exact) mass is 516 g/mol. The Hall–Kier alpha value is -2.90. The van der Waals surface area contributed by atoms with Gasteiger partial charge in [0.15, 0.2) is 0 Å². The second-order valence-electron chi connectivity index (χ2n) is 8.31. The summed E-state index contributed by atoms with van der Waals surface area (Å²) in [5.74, 6) is -0.447. The highest BCUT2D eigenvalue weighted by Crippen LogP contribution is 2.30. The summed E-state index contributed by atoms with van der Waals surface area (Å²) in [5.41, 5.74) is 17.0.